The third-order valence-electron chi connectivity index (χ3n) is 2.15. The van der Waals surface area contributed by atoms with Crippen molar-refractivity contribution >= 4 is 16.7 Å². The zero-order valence-corrected chi connectivity index (χ0v) is 7.95. The van der Waals surface area contributed by atoms with E-state index in [1.165, 1.54) is 24.4 Å². The molecule has 0 spiro atoms. The summed E-state index contributed by atoms with van der Waals surface area (Å²) < 4.78 is 36.9. The Bertz CT molecular complexity index is 543. The summed E-state index contributed by atoms with van der Waals surface area (Å²) in [6.45, 7) is 0. The fourth-order valence-corrected chi connectivity index (χ4v) is 1.45. The lowest BCUT2D eigenvalue weighted by Gasteiger charge is -2.07. The lowest BCUT2D eigenvalue weighted by Crippen LogP contribution is -2.22. The van der Waals surface area contributed by atoms with E-state index in [2.05, 4.69) is 4.98 Å². The lowest BCUT2D eigenvalue weighted by atomic mass is 10.0. The van der Waals surface area contributed by atoms with Gasteiger partial charge in [-0.05, 0) is 12.1 Å². The molecular weight excluding hydrogens is 219 g/mol. The Morgan fingerprint density at radius 3 is 2.56 bits per heavy atom. The number of pyridine rings is 1. The highest BCUT2D eigenvalue weighted by Crippen LogP contribution is 2.25. The number of hydrogen-bond donors (Lipinski definition) is 0. The van der Waals surface area contributed by atoms with Crippen LogP contribution >= 0.6 is 0 Å². The van der Waals surface area contributed by atoms with Crippen molar-refractivity contribution in [3.8, 4) is 0 Å². The topological polar surface area (TPSA) is 30.0 Å². The van der Waals surface area contributed by atoms with Crippen LogP contribution in [0, 0.1) is 0 Å². The highest BCUT2D eigenvalue weighted by Gasteiger charge is 2.39. The van der Waals surface area contributed by atoms with E-state index in [1.807, 2.05) is 0 Å². The first-order valence-electron chi connectivity index (χ1n) is 4.45. The van der Waals surface area contributed by atoms with Crippen molar-refractivity contribution in [1.82, 2.24) is 4.98 Å². The molecule has 0 atom stereocenters. The number of carbonyl (C=O) groups excluding carboxylic acids is 1. The van der Waals surface area contributed by atoms with Gasteiger partial charge in [0.05, 0.1) is 5.52 Å². The molecule has 5 heteroatoms. The molecule has 16 heavy (non-hydrogen) atoms. The first-order chi connectivity index (χ1) is 7.50. The molecule has 0 N–H and O–H groups in total. The van der Waals surface area contributed by atoms with Crippen LogP contribution in [0.15, 0.2) is 36.5 Å². The molecule has 0 radical (unpaired) electrons. The van der Waals surface area contributed by atoms with Crippen molar-refractivity contribution in [2.75, 3.05) is 0 Å². The van der Waals surface area contributed by atoms with Gasteiger partial charge in [-0.1, -0.05) is 18.2 Å². The molecular formula is C11H6F3NO. The molecule has 1 heterocycles. The van der Waals surface area contributed by atoms with Crippen molar-refractivity contribution in [1.29, 1.82) is 0 Å². The zero-order chi connectivity index (χ0) is 11.8. The van der Waals surface area contributed by atoms with Crippen LogP contribution in [-0.2, 0) is 0 Å². The minimum absolute atomic E-state index is 0.215. The van der Waals surface area contributed by atoms with Crippen molar-refractivity contribution < 1.29 is 18.0 Å². The second-order valence-electron chi connectivity index (χ2n) is 3.20. The van der Waals surface area contributed by atoms with E-state index in [1.54, 1.807) is 6.07 Å². The van der Waals surface area contributed by atoms with E-state index in [0.717, 1.165) is 6.07 Å². The molecule has 0 fully saturated rings. The van der Waals surface area contributed by atoms with Gasteiger partial charge in [-0.25, -0.2) is 0 Å². The second kappa shape index (κ2) is 3.59. The molecule has 2 rings (SSSR count). The second-order valence-corrected chi connectivity index (χ2v) is 3.20. The third-order valence-corrected chi connectivity index (χ3v) is 2.15. The summed E-state index contributed by atoms with van der Waals surface area (Å²) in [5.74, 6) is -1.84. The number of ketones is 1. The Labute approximate surface area is 88.7 Å². The number of rotatable bonds is 1. The van der Waals surface area contributed by atoms with Crippen LogP contribution < -0.4 is 0 Å². The molecule has 2 aromatic rings. The standard InChI is InChI=1S/C11H6F3NO/c12-11(13,14)10(16)8-3-1-5-9-7(8)4-2-6-15-9/h1-6H. The third kappa shape index (κ3) is 1.76. The van der Waals surface area contributed by atoms with Gasteiger partial charge in [0.25, 0.3) is 5.78 Å². The monoisotopic (exact) mass is 225 g/mol. The quantitative estimate of drug-likeness (QED) is 0.698. The fraction of sp³-hybridized carbons (Fsp3) is 0.0909. The smallest absolute Gasteiger partial charge is 0.284 e. The Kier molecular flexibility index (Phi) is 2.38. The van der Waals surface area contributed by atoms with Crippen LogP contribution in [0.2, 0.25) is 0 Å². The number of benzene rings is 1. The van der Waals surface area contributed by atoms with Gasteiger partial charge in [0.2, 0.25) is 0 Å². The summed E-state index contributed by atoms with van der Waals surface area (Å²) in [5.41, 5.74) is 0.00991. The fourth-order valence-electron chi connectivity index (χ4n) is 1.45. The molecule has 0 bridgehead atoms. The SMILES string of the molecule is O=C(c1cccc2ncccc12)C(F)(F)F. The van der Waals surface area contributed by atoms with Gasteiger partial charge < -0.3 is 0 Å². The van der Waals surface area contributed by atoms with Crippen molar-refractivity contribution in [3.63, 3.8) is 0 Å². The molecule has 0 aliphatic heterocycles. The van der Waals surface area contributed by atoms with Crippen LogP contribution in [0.5, 0.6) is 0 Å². The van der Waals surface area contributed by atoms with Crippen molar-refractivity contribution in [2.45, 2.75) is 6.18 Å². The number of Topliss-reactive ketones (excluding diaryl/α,β-unsaturated/α-hetero) is 1. The molecule has 82 valence electrons. The Hall–Kier alpha value is -1.91. The Morgan fingerprint density at radius 1 is 1.12 bits per heavy atom. The van der Waals surface area contributed by atoms with E-state index in [-0.39, 0.29) is 10.9 Å². The van der Waals surface area contributed by atoms with Gasteiger partial charge in [0.15, 0.2) is 0 Å². The predicted octanol–water partition coefficient (Wildman–Crippen LogP) is 2.98. The minimum Gasteiger partial charge on any atom is -0.284 e. The molecule has 1 aromatic carbocycles. The molecule has 0 aliphatic rings. The van der Waals surface area contributed by atoms with E-state index >= 15 is 0 Å². The summed E-state index contributed by atoms with van der Waals surface area (Å²) in [6.07, 6.45) is -3.39. The minimum atomic E-state index is -4.86. The molecule has 2 nitrogen and oxygen atoms in total. The van der Waals surface area contributed by atoms with Gasteiger partial charge in [-0.3, -0.25) is 9.78 Å². The average molecular weight is 225 g/mol. The lowest BCUT2D eigenvalue weighted by molar-refractivity contribution is -0.0884. The number of carbonyl (C=O) groups is 1. The maximum atomic E-state index is 12.3. The van der Waals surface area contributed by atoms with Crippen LogP contribution in [0.1, 0.15) is 10.4 Å². The highest BCUT2D eigenvalue weighted by molar-refractivity contribution is 6.09. The molecule has 0 aliphatic carbocycles. The largest absolute Gasteiger partial charge is 0.454 e. The maximum absolute atomic E-state index is 12.3. The predicted molar refractivity (Wildman–Crippen MR) is 52.1 cm³/mol. The van der Waals surface area contributed by atoms with Crippen LogP contribution in [0.25, 0.3) is 10.9 Å². The molecule has 0 saturated carbocycles. The summed E-state index contributed by atoms with van der Waals surface area (Å²) in [7, 11) is 0. The molecule has 1 aromatic heterocycles. The van der Waals surface area contributed by atoms with Gasteiger partial charge in [-0.2, -0.15) is 13.2 Å². The van der Waals surface area contributed by atoms with Gasteiger partial charge in [0.1, 0.15) is 0 Å². The first-order valence-corrected chi connectivity index (χ1v) is 4.45. The van der Waals surface area contributed by atoms with Crippen LogP contribution in [0.4, 0.5) is 13.2 Å². The van der Waals surface area contributed by atoms with Crippen molar-refractivity contribution in [2.24, 2.45) is 0 Å². The Morgan fingerprint density at radius 2 is 1.88 bits per heavy atom. The van der Waals surface area contributed by atoms with Crippen LogP contribution in [-0.4, -0.2) is 16.9 Å². The number of alkyl halides is 3. The van der Waals surface area contributed by atoms with E-state index in [9.17, 15) is 18.0 Å². The van der Waals surface area contributed by atoms with Gasteiger partial charge >= 0.3 is 6.18 Å². The number of nitrogens with zero attached hydrogens (tertiary/aromatic N) is 1. The first kappa shape index (κ1) is 10.6. The Balaban J connectivity index is 2.66. The van der Waals surface area contributed by atoms with E-state index < -0.39 is 12.0 Å². The maximum Gasteiger partial charge on any atom is 0.454 e. The summed E-state index contributed by atoms with van der Waals surface area (Å²) in [4.78, 5) is 15.0. The van der Waals surface area contributed by atoms with E-state index in [4.69, 9.17) is 0 Å². The van der Waals surface area contributed by atoms with Gasteiger partial charge in [0, 0.05) is 17.1 Å². The average Bonchev–Trinajstić information content (AvgIpc) is 2.26. The van der Waals surface area contributed by atoms with E-state index in [0.29, 0.717) is 5.52 Å². The van der Waals surface area contributed by atoms with Crippen LogP contribution in [0.3, 0.4) is 0 Å². The zero-order valence-electron chi connectivity index (χ0n) is 7.95. The van der Waals surface area contributed by atoms with Gasteiger partial charge in [-0.15, -0.1) is 0 Å². The summed E-state index contributed by atoms with van der Waals surface area (Å²) >= 11 is 0. The number of halogens is 3. The number of hydrogen-bond acceptors (Lipinski definition) is 2. The van der Waals surface area contributed by atoms with Crippen molar-refractivity contribution in [3.05, 3.63) is 42.1 Å². The summed E-state index contributed by atoms with van der Waals surface area (Å²) in [5, 5.41) is 0.215. The molecule has 0 saturated heterocycles. The summed E-state index contributed by atoms with van der Waals surface area (Å²) in [6, 6.07) is 7.04. The normalized spacial score (nSPS) is 11.7. The highest BCUT2D eigenvalue weighted by atomic mass is 19.4. The molecule has 0 unspecified atom stereocenters. The number of aromatic nitrogens is 1. The molecule has 0 amide bonds. The number of fused-ring (bicyclic) bond motifs is 1.